The minimum Gasteiger partial charge on any atom is -0.378 e. The summed E-state index contributed by atoms with van der Waals surface area (Å²) in [5, 5.41) is -0.324. The Balaban J connectivity index is 3.68. The van der Waals surface area contributed by atoms with Crippen LogP contribution in [0.5, 0.6) is 0 Å². The molecular weight excluding hydrogens is 318 g/mol. The molecule has 0 aliphatic rings. The van der Waals surface area contributed by atoms with Gasteiger partial charge in [-0.25, -0.2) is 17.6 Å². The van der Waals surface area contributed by atoms with Crippen molar-refractivity contribution in [1.82, 2.24) is 4.98 Å². The Morgan fingerprint density at radius 2 is 1.24 bits per heavy atom. The van der Waals surface area contributed by atoms with Crippen molar-refractivity contribution >= 4 is 27.4 Å². The Morgan fingerprint density at radius 3 is 1.62 bits per heavy atom. The van der Waals surface area contributed by atoms with E-state index in [-0.39, 0.29) is 5.19 Å². The standard InChI is InChI=1S/C13H19F4NOSi2/c1-20(2,3)12-7(13(19)18-21(4,5)6)8(14)9(15)10(16)11(12)17/h1-6H3,(H,18,19). The maximum Gasteiger partial charge on any atom is 0.246 e. The average molecular weight is 337 g/mol. The highest BCUT2D eigenvalue weighted by atomic mass is 28.3. The van der Waals surface area contributed by atoms with Crippen molar-refractivity contribution < 1.29 is 22.4 Å². The summed E-state index contributed by atoms with van der Waals surface area (Å²) < 4.78 is 55.1. The number of amides is 1. The summed E-state index contributed by atoms with van der Waals surface area (Å²) in [7, 11) is -4.76. The van der Waals surface area contributed by atoms with E-state index in [2.05, 4.69) is 4.98 Å². The van der Waals surface area contributed by atoms with Crippen LogP contribution in [0.1, 0.15) is 10.4 Å². The molecule has 1 rings (SSSR count). The second-order valence-corrected chi connectivity index (χ2v) is 16.7. The number of hydrogen-bond acceptors (Lipinski definition) is 1. The lowest BCUT2D eigenvalue weighted by Crippen LogP contribution is -2.51. The van der Waals surface area contributed by atoms with Gasteiger partial charge in [-0.05, 0) is 5.19 Å². The van der Waals surface area contributed by atoms with Crippen LogP contribution < -0.4 is 10.2 Å². The molecule has 0 spiro atoms. The van der Waals surface area contributed by atoms with Crippen molar-refractivity contribution in [2.45, 2.75) is 39.3 Å². The molecule has 0 fully saturated rings. The van der Waals surface area contributed by atoms with Crippen LogP contribution in [0.4, 0.5) is 17.6 Å². The van der Waals surface area contributed by atoms with Gasteiger partial charge in [0.1, 0.15) is 8.24 Å². The number of halogens is 4. The third-order valence-electron chi connectivity index (χ3n) is 2.73. The Hall–Kier alpha value is -1.16. The molecule has 0 aromatic heterocycles. The van der Waals surface area contributed by atoms with Crippen LogP contribution in [0.2, 0.25) is 39.3 Å². The normalized spacial score (nSPS) is 12.5. The van der Waals surface area contributed by atoms with Crippen molar-refractivity contribution in [3.63, 3.8) is 0 Å². The zero-order chi connectivity index (χ0) is 16.7. The van der Waals surface area contributed by atoms with E-state index in [1.54, 1.807) is 39.3 Å². The van der Waals surface area contributed by atoms with E-state index in [1.807, 2.05) is 0 Å². The van der Waals surface area contributed by atoms with Crippen LogP contribution in [0.25, 0.3) is 0 Å². The molecular formula is C13H19F4NOSi2. The number of carbonyl (C=O) groups excluding carboxylic acids is 1. The van der Waals surface area contributed by atoms with Gasteiger partial charge in [-0.15, -0.1) is 0 Å². The van der Waals surface area contributed by atoms with Gasteiger partial charge < -0.3 is 4.98 Å². The minimum absolute atomic E-state index is 0.324. The van der Waals surface area contributed by atoms with Crippen LogP contribution >= 0.6 is 0 Å². The Labute approximate surface area is 123 Å². The molecule has 0 unspecified atom stereocenters. The van der Waals surface area contributed by atoms with Gasteiger partial charge in [0.15, 0.2) is 23.3 Å². The Kier molecular flexibility index (Phi) is 4.74. The van der Waals surface area contributed by atoms with Crippen LogP contribution in [-0.2, 0) is 0 Å². The lowest BCUT2D eigenvalue weighted by molar-refractivity contribution is 0.0973. The summed E-state index contributed by atoms with van der Waals surface area (Å²) in [4.78, 5) is 14.8. The predicted molar refractivity (Wildman–Crippen MR) is 80.1 cm³/mol. The van der Waals surface area contributed by atoms with Crippen molar-refractivity contribution in [3.8, 4) is 0 Å². The number of carbonyl (C=O) groups is 1. The summed E-state index contributed by atoms with van der Waals surface area (Å²) in [5.41, 5.74) is -0.701. The van der Waals surface area contributed by atoms with Gasteiger partial charge in [-0.3, -0.25) is 4.79 Å². The molecule has 0 aliphatic heterocycles. The third kappa shape index (κ3) is 3.73. The first kappa shape index (κ1) is 17.9. The van der Waals surface area contributed by atoms with Crippen molar-refractivity contribution in [3.05, 3.63) is 28.8 Å². The lowest BCUT2D eigenvalue weighted by Gasteiger charge is -2.25. The highest BCUT2D eigenvalue weighted by Crippen LogP contribution is 2.21. The van der Waals surface area contributed by atoms with E-state index in [4.69, 9.17) is 0 Å². The van der Waals surface area contributed by atoms with Gasteiger partial charge in [0.05, 0.1) is 13.6 Å². The quantitative estimate of drug-likeness (QED) is 0.390. The number of hydrogen-bond donors (Lipinski definition) is 1. The van der Waals surface area contributed by atoms with E-state index >= 15 is 0 Å². The highest BCUT2D eigenvalue weighted by Gasteiger charge is 2.36. The topological polar surface area (TPSA) is 29.1 Å². The van der Waals surface area contributed by atoms with Gasteiger partial charge in [0.25, 0.3) is 0 Å². The molecule has 8 heteroatoms. The van der Waals surface area contributed by atoms with E-state index in [0.717, 1.165) is 0 Å². The van der Waals surface area contributed by atoms with Gasteiger partial charge in [-0.2, -0.15) is 0 Å². The van der Waals surface area contributed by atoms with E-state index < -0.39 is 51.0 Å². The van der Waals surface area contributed by atoms with Crippen LogP contribution in [0.15, 0.2) is 0 Å². The first-order valence-corrected chi connectivity index (χ1v) is 13.5. The van der Waals surface area contributed by atoms with E-state index in [1.165, 1.54) is 0 Å². The Bertz CT molecular complexity index is 592. The molecule has 1 amide bonds. The molecule has 0 aliphatic carbocycles. The van der Waals surface area contributed by atoms with Gasteiger partial charge in [-0.1, -0.05) is 39.3 Å². The minimum atomic E-state index is -2.61. The SMILES string of the molecule is C[Si](C)(C)NC(=O)c1c(F)c(F)c(F)c(F)c1[Si](C)(C)C. The fraction of sp³-hybridized carbons (Fsp3) is 0.462. The van der Waals surface area contributed by atoms with E-state index in [9.17, 15) is 22.4 Å². The summed E-state index contributed by atoms with van der Waals surface area (Å²) in [6, 6.07) is 0. The molecule has 21 heavy (non-hydrogen) atoms. The fourth-order valence-electron chi connectivity index (χ4n) is 1.95. The largest absolute Gasteiger partial charge is 0.378 e. The molecule has 0 saturated heterocycles. The number of rotatable bonds is 3. The van der Waals surface area contributed by atoms with Crippen LogP contribution in [-0.4, -0.2) is 22.2 Å². The van der Waals surface area contributed by atoms with Crippen molar-refractivity contribution in [2.75, 3.05) is 0 Å². The zero-order valence-corrected chi connectivity index (χ0v) is 14.9. The van der Waals surface area contributed by atoms with Crippen molar-refractivity contribution in [1.29, 1.82) is 0 Å². The molecule has 1 N–H and O–H groups in total. The van der Waals surface area contributed by atoms with E-state index in [0.29, 0.717) is 0 Å². The summed E-state index contributed by atoms with van der Waals surface area (Å²) in [5.74, 6) is -7.79. The van der Waals surface area contributed by atoms with Gasteiger partial charge in [0.2, 0.25) is 5.91 Å². The lowest BCUT2D eigenvalue weighted by atomic mass is 10.1. The Morgan fingerprint density at radius 1 is 0.810 bits per heavy atom. The average Bonchev–Trinajstić information content (AvgIpc) is 2.26. The first-order chi connectivity index (χ1) is 9.27. The second kappa shape index (κ2) is 5.56. The molecule has 0 atom stereocenters. The van der Waals surface area contributed by atoms with Crippen molar-refractivity contribution in [2.24, 2.45) is 0 Å². The summed E-state index contributed by atoms with van der Waals surface area (Å²) in [6.07, 6.45) is 0. The molecule has 0 saturated carbocycles. The zero-order valence-electron chi connectivity index (χ0n) is 12.9. The third-order valence-corrected chi connectivity index (χ3v) is 5.68. The predicted octanol–water partition coefficient (Wildman–Crippen LogP) is 3.35. The fourth-order valence-corrected chi connectivity index (χ4v) is 4.50. The maximum atomic E-state index is 14.1. The monoisotopic (exact) mass is 337 g/mol. The van der Waals surface area contributed by atoms with Gasteiger partial charge in [0, 0.05) is 0 Å². The molecule has 0 bridgehead atoms. The molecule has 118 valence electrons. The van der Waals surface area contributed by atoms with Gasteiger partial charge >= 0.3 is 0 Å². The summed E-state index contributed by atoms with van der Waals surface area (Å²) >= 11 is 0. The molecule has 0 heterocycles. The van der Waals surface area contributed by atoms with Crippen LogP contribution in [0, 0.1) is 23.3 Å². The molecule has 2 nitrogen and oxygen atoms in total. The molecule has 1 aromatic rings. The maximum absolute atomic E-state index is 14.1. The highest BCUT2D eigenvalue weighted by molar-refractivity contribution is 6.89. The number of benzene rings is 1. The molecule has 0 radical (unpaired) electrons. The summed E-state index contributed by atoms with van der Waals surface area (Å²) in [6.45, 7) is 10.3. The number of nitrogens with one attached hydrogen (secondary N) is 1. The second-order valence-electron chi connectivity index (χ2n) is 6.96. The smallest absolute Gasteiger partial charge is 0.246 e. The van der Waals surface area contributed by atoms with Crippen LogP contribution in [0.3, 0.4) is 0 Å². The first-order valence-electron chi connectivity index (χ1n) is 6.46. The molecule has 1 aromatic carbocycles.